The number of nitrogens with one attached hydrogen (secondary N) is 1. The van der Waals surface area contributed by atoms with Crippen molar-refractivity contribution < 1.29 is 19.8 Å². The minimum absolute atomic E-state index is 0.413. The standard InChI is InChI=1S/C6H8N2O4/c7-2-1-5(10)8-4(3-9)6(11)12/h4,9H,1,3H2,(H,8,10)(H,11,12). The van der Waals surface area contributed by atoms with E-state index < -0.39 is 30.9 Å². The maximum Gasteiger partial charge on any atom is 0.328 e. The molecular formula is C6H8N2O4. The molecule has 0 aliphatic heterocycles. The van der Waals surface area contributed by atoms with Crippen molar-refractivity contribution in [2.45, 2.75) is 12.5 Å². The van der Waals surface area contributed by atoms with Crippen molar-refractivity contribution in [1.29, 1.82) is 5.26 Å². The summed E-state index contributed by atoms with van der Waals surface area (Å²) in [4.78, 5) is 20.8. The molecule has 0 aliphatic carbocycles. The van der Waals surface area contributed by atoms with E-state index in [4.69, 9.17) is 15.5 Å². The van der Waals surface area contributed by atoms with Crippen molar-refractivity contribution >= 4 is 11.9 Å². The Labute approximate surface area is 68.4 Å². The maximum absolute atomic E-state index is 10.6. The lowest BCUT2D eigenvalue weighted by Crippen LogP contribution is -2.43. The second-order valence-electron chi connectivity index (χ2n) is 1.98. The number of rotatable bonds is 4. The van der Waals surface area contributed by atoms with E-state index >= 15 is 0 Å². The Morgan fingerprint density at radius 1 is 1.58 bits per heavy atom. The van der Waals surface area contributed by atoms with E-state index in [9.17, 15) is 9.59 Å². The molecule has 0 aromatic heterocycles. The molecule has 0 heterocycles. The summed E-state index contributed by atoms with van der Waals surface area (Å²) >= 11 is 0. The Hall–Kier alpha value is -1.61. The van der Waals surface area contributed by atoms with Crippen LogP contribution in [-0.2, 0) is 9.59 Å². The lowest BCUT2D eigenvalue weighted by atomic mass is 10.3. The lowest BCUT2D eigenvalue weighted by molar-refractivity contribution is -0.142. The molecule has 0 aromatic rings. The average Bonchev–Trinajstić information content (AvgIpc) is 2.00. The highest BCUT2D eigenvalue weighted by Gasteiger charge is 2.17. The van der Waals surface area contributed by atoms with Gasteiger partial charge in [0.15, 0.2) is 0 Å². The molecule has 0 fully saturated rings. The minimum atomic E-state index is -1.33. The number of aliphatic carboxylic acids is 1. The summed E-state index contributed by atoms with van der Waals surface area (Å²) < 4.78 is 0. The fourth-order valence-electron chi connectivity index (χ4n) is 0.503. The first-order chi connectivity index (χ1) is 5.61. The third-order valence-corrected chi connectivity index (χ3v) is 1.06. The Kier molecular flexibility index (Phi) is 4.41. The third kappa shape index (κ3) is 3.53. The van der Waals surface area contributed by atoms with Crippen LogP contribution in [0.1, 0.15) is 6.42 Å². The number of hydrogen-bond donors (Lipinski definition) is 3. The van der Waals surface area contributed by atoms with Gasteiger partial charge in [0.05, 0.1) is 12.7 Å². The van der Waals surface area contributed by atoms with Crippen LogP contribution in [0.4, 0.5) is 0 Å². The summed E-state index contributed by atoms with van der Waals surface area (Å²) in [6, 6.07) is 0.221. The van der Waals surface area contributed by atoms with Crippen LogP contribution in [0.2, 0.25) is 0 Å². The van der Waals surface area contributed by atoms with Gasteiger partial charge in [-0.2, -0.15) is 5.26 Å². The number of hydrogen-bond acceptors (Lipinski definition) is 4. The summed E-state index contributed by atoms with van der Waals surface area (Å²) in [6.07, 6.45) is -0.413. The van der Waals surface area contributed by atoms with Crippen LogP contribution in [0, 0.1) is 11.3 Å². The molecule has 0 saturated heterocycles. The molecule has 0 radical (unpaired) electrons. The number of carboxylic acid groups (broad SMARTS) is 1. The van der Waals surface area contributed by atoms with Crippen LogP contribution in [0.3, 0.4) is 0 Å². The predicted octanol–water partition coefficient (Wildman–Crippen LogP) is -1.54. The predicted molar refractivity (Wildman–Crippen MR) is 36.9 cm³/mol. The van der Waals surface area contributed by atoms with Gasteiger partial charge in [0.1, 0.15) is 12.5 Å². The highest BCUT2D eigenvalue weighted by Crippen LogP contribution is 1.84. The van der Waals surface area contributed by atoms with Gasteiger partial charge in [0.25, 0.3) is 0 Å². The number of nitrogens with zero attached hydrogens (tertiary/aromatic N) is 1. The molecule has 0 rings (SSSR count). The largest absolute Gasteiger partial charge is 0.480 e. The Bertz CT molecular complexity index is 220. The van der Waals surface area contributed by atoms with Crippen LogP contribution in [-0.4, -0.2) is 34.7 Å². The molecule has 0 spiro atoms. The molecule has 66 valence electrons. The van der Waals surface area contributed by atoms with Crippen LogP contribution < -0.4 is 5.32 Å². The van der Waals surface area contributed by atoms with Crippen LogP contribution in [0.15, 0.2) is 0 Å². The monoisotopic (exact) mass is 172 g/mol. The molecule has 1 atom stereocenters. The van der Waals surface area contributed by atoms with E-state index in [2.05, 4.69) is 0 Å². The maximum atomic E-state index is 10.6. The molecule has 0 bridgehead atoms. The zero-order valence-electron chi connectivity index (χ0n) is 6.15. The topological polar surface area (TPSA) is 110 Å². The zero-order chi connectivity index (χ0) is 9.56. The zero-order valence-corrected chi connectivity index (χ0v) is 6.15. The average molecular weight is 172 g/mol. The summed E-state index contributed by atoms with van der Waals surface area (Å²) in [7, 11) is 0. The molecule has 3 N–H and O–H groups in total. The van der Waals surface area contributed by atoms with E-state index in [1.807, 2.05) is 5.32 Å². The van der Waals surface area contributed by atoms with Gasteiger partial charge < -0.3 is 15.5 Å². The minimum Gasteiger partial charge on any atom is -0.480 e. The van der Waals surface area contributed by atoms with Crippen LogP contribution in [0.25, 0.3) is 0 Å². The van der Waals surface area contributed by atoms with Crippen LogP contribution >= 0.6 is 0 Å². The number of nitriles is 1. The number of aliphatic hydroxyl groups excluding tert-OH is 1. The Morgan fingerprint density at radius 2 is 2.17 bits per heavy atom. The molecule has 1 amide bonds. The van der Waals surface area contributed by atoms with Crippen molar-refractivity contribution in [2.24, 2.45) is 0 Å². The molecule has 0 saturated carbocycles. The van der Waals surface area contributed by atoms with E-state index in [0.29, 0.717) is 0 Å². The second-order valence-corrected chi connectivity index (χ2v) is 1.98. The number of aliphatic hydroxyl groups is 1. The fraction of sp³-hybridized carbons (Fsp3) is 0.500. The highest BCUT2D eigenvalue weighted by molar-refractivity contribution is 5.84. The van der Waals surface area contributed by atoms with E-state index in [0.717, 1.165) is 0 Å². The third-order valence-electron chi connectivity index (χ3n) is 1.06. The van der Waals surface area contributed by atoms with Gasteiger partial charge in [-0.15, -0.1) is 0 Å². The Morgan fingerprint density at radius 3 is 2.50 bits per heavy atom. The molecule has 12 heavy (non-hydrogen) atoms. The summed E-state index contributed by atoms with van der Waals surface area (Å²) in [6.45, 7) is -0.688. The molecular weight excluding hydrogens is 164 g/mol. The lowest BCUT2D eigenvalue weighted by Gasteiger charge is -2.09. The Balaban J connectivity index is 3.96. The first kappa shape index (κ1) is 10.4. The van der Waals surface area contributed by atoms with Gasteiger partial charge in [0.2, 0.25) is 5.91 Å². The van der Waals surface area contributed by atoms with Gasteiger partial charge in [-0.1, -0.05) is 0 Å². The smallest absolute Gasteiger partial charge is 0.328 e. The van der Waals surface area contributed by atoms with E-state index in [-0.39, 0.29) is 0 Å². The molecule has 6 heteroatoms. The van der Waals surface area contributed by atoms with E-state index in [1.165, 1.54) is 0 Å². The quantitative estimate of drug-likeness (QED) is 0.476. The van der Waals surface area contributed by atoms with Gasteiger partial charge in [0, 0.05) is 0 Å². The van der Waals surface area contributed by atoms with Gasteiger partial charge in [-0.25, -0.2) is 4.79 Å². The number of amides is 1. The van der Waals surface area contributed by atoms with E-state index in [1.54, 1.807) is 6.07 Å². The van der Waals surface area contributed by atoms with Crippen molar-refractivity contribution in [3.8, 4) is 6.07 Å². The molecule has 0 aromatic carbocycles. The van der Waals surface area contributed by atoms with Crippen molar-refractivity contribution in [3.63, 3.8) is 0 Å². The highest BCUT2D eigenvalue weighted by atomic mass is 16.4. The summed E-state index contributed by atoms with van der Waals surface area (Å²) in [5.74, 6) is -2.04. The normalized spacial score (nSPS) is 11.3. The van der Waals surface area contributed by atoms with Crippen LogP contribution in [0.5, 0.6) is 0 Å². The fourth-order valence-corrected chi connectivity index (χ4v) is 0.503. The molecule has 0 aliphatic rings. The summed E-state index contributed by atoms with van der Waals surface area (Å²) in [5.41, 5.74) is 0. The van der Waals surface area contributed by atoms with Crippen molar-refractivity contribution in [3.05, 3.63) is 0 Å². The van der Waals surface area contributed by atoms with Crippen molar-refractivity contribution in [1.82, 2.24) is 5.32 Å². The SMILES string of the molecule is N#CCC(=O)NC(CO)C(=O)O. The second kappa shape index (κ2) is 5.09. The summed E-state index contributed by atoms with van der Waals surface area (Å²) in [5, 5.41) is 26.8. The first-order valence-corrected chi connectivity index (χ1v) is 3.11. The molecule has 1 unspecified atom stereocenters. The first-order valence-electron chi connectivity index (χ1n) is 3.11. The molecule has 6 nitrogen and oxygen atoms in total. The number of carbonyl (C=O) groups excluding carboxylic acids is 1. The van der Waals surface area contributed by atoms with Gasteiger partial charge in [-0.05, 0) is 0 Å². The van der Waals surface area contributed by atoms with Gasteiger partial charge in [-0.3, -0.25) is 4.79 Å². The number of carbonyl (C=O) groups is 2. The number of carboxylic acids is 1. The van der Waals surface area contributed by atoms with Gasteiger partial charge >= 0.3 is 5.97 Å². The van der Waals surface area contributed by atoms with Crippen molar-refractivity contribution in [2.75, 3.05) is 6.61 Å².